The molecule has 0 amide bonds. The van der Waals surface area contributed by atoms with Gasteiger partial charge in [0.2, 0.25) is 0 Å². The first-order valence-electron chi connectivity index (χ1n) is 8.28. The van der Waals surface area contributed by atoms with Gasteiger partial charge in [0.15, 0.2) is 0 Å². The van der Waals surface area contributed by atoms with Crippen molar-refractivity contribution in [2.45, 2.75) is 13.5 Å². The molecule has 0 bridgehead atoms. The van der Waals surface area contributed by atoms with Crippen molar-refractivity contribution in [1.29, 1.82) is 0 Å². The van der Waals surface area contributed by atoms with Gasteiger partial charge in [0.1, 0.15) is 5.75 Å². The van der Waals surface area contributed by atoms with Crippen LogP contribution in [0.15, 0.2) is 48.7 Å². The molecular weight excluding hydrogens is 332 g/mol. The minimum atomic E-state index is -0.981. The molecule has 0 saturated heterocycles. The molecule has 0 radical (unpaired) electrons. The minimum absolute atomic E-state index is 0.222. The molecule has 0 aliphatic heterocycles. The zero-order valence-corrected chi connectivity index (χ0v) is 14.7. The fraction of sp³-hybridized carbons (Fsp3) is 0.200. The minimum Gasteiger partial charge on any atom is -0.501 e. The number of carbonyl (C=O) groups is 1. The summed E-state index contributed by atoms with van der Waals surface area (Å²) in [7, 11) is 1.62. The molecule has 1 aromatic heterocycles. The lowest BCUT2D eigenvalue weighted by Crippen LogP contribution is -2.04. The van der Waals surface area contributed by atoms with Crippen molar-refractivity contribution < 1.29 is 19.4 Å². The third-order valence-corrected chi connectivity index (χ3v) is 4.02. The van der Waals surface area contributed by atoms with Gasteiger partial charge in [0.05, 0.1) is 43.3 Å². The average molecular weight is 352 g/mol. The molecule has 0 aliphatic carbocycles. The van der Waals surface area contributed by atoms with Gasteiger partial charge in [0.25, 0.3) is 0 Å². The highest BCUT2D eigenvalue weighted by molar-refractivity contribution is 6.05. The maximum Gasteiger partial charge on any atom is 0.336 e. The molecule has 0 fully saturated rings. The topological polar surface area (TPSA) is 73.6 Å². The maximum absolute atomic E-state index is 11.6. The monoisotopic (exact) mass is 352 g/mol. The summed E-state index contributed by atoms with van der Waals surface area (Å²) >= 11 is 0. The van der Waals surface area contributed by atoms with Crippen molar-refractivity contribution in [2.75, 3.05) is 13.7 Å². The van der Waals surface area contributed by atoms with Crippen molar-refractivity contribution in [3.63, 3.8) is 0 Å². The van der Waals surface area contributed by atoms with E-state index in [9.17, 15) is 9.90 Å². The van der Waals surface area contributed by atoms with Crippen molar-refractivity contribution in [3.05, 3.63) is 65.5 Å². The van der Waals surface area contributed by atoms with E-state index in [1.807, 2.05) is 37.3 Å². The van der Waals surface area contributed by atoms with Gasteiger partial charge in [-0.25, -0.2) is 4.79 Å². The Morgan fingerprint density at radius 2 is 2.00 bits per heavy atom. The fourth-order valence-electron chi connectivity index (χ4n) is 2.79. The molecule has 0 spiro atoms. The van der Waals surface area contributed by atoms with Crippen LogP contribution in [0.1, 0.15) is 28.5 Å². The number of rotatable bonds is 7. The number of benzene rings is 2. The summed E-state index contributed by atoms with van der Waals surface area (Å²) in [5.41, 5.74) is 2.58. The molecule has 3 aromatic rings. The number of hydrogen-bond acceptors (Lipinski definition) is 4. The second-order valence-electron chi connectivity index (χ2n) is 5.65. The van der Waals surface area contributed by atoms with E-state index in [1.54, 1.807) is 36.3 Å². The van der Waals surface area contributed by atoms with Gasteiger partial charge in [-0.1, -0.05) is 18.2 Å². The van der Waals surface area contributed by atoms with Crippen molar-refractivity contribution in [1.82, 2.24) is 9.78 Å². The summed E-state index contributed by atoms with van der Waals surface area (Å²) in [6.45, 7) is 2.93. The molecule has 26 heavy (non-hydrogen) atoms. The number of carboxylic acids is 1. The molecule has 0 aliphatic rings. The Labute approximate surface area is 151 Å². The van der Waals surface area contributed by atoms with Gasteiger partial charge >= 0.3 is 5.97 Å². The van der Waals surface area contributed by atoms with E-state index in [0.717, 1.165) is 11.3 Å². The molecular formula is C20H20N2O4. The standard InChI is InChI=1S/C20H20N2O4/c1-3-26-12-11-18-19-16(20(23)24)5-4-6-17(19)21-22(18)13-14-7-9-15(25-2)10-8-14/h4-12H,3,13H2,1-2H3,(H,23,24). The summed E-state index contributed by atoms with van der Waals surface area (Å²) in [5, 5.41) is 14.7. The van der Waals surface area contributed by atoms with Crippen LogP contribution >= 0.6 is 0 Å². The number of aromatic nitrogens is 2. The molecule has 0 atom stereocenters. The van der Waals surface area contributed by atoms with Crippen LogP contribution < -0.4 is 4.74 Å². The Morgan fingerprint density at radius 1 is 1.23 bits per heavy atom. The third-order valence-electron chi connectivity index (χ3n) is 4.02. The van der Waals surface area contributed by atoms with Gasteiger partial charge in [-0.05, 0) is 42.8 Å². The molecule has 6 nitrogen and oxygen atoms in total. The lowest BCUT2D eigenvalue weighted by atomic mass is 10.1. The van der Waals surface area contributed by atoms with Crippen molar-refractivity contribution in [3.8, 4) is 5.75 Å². The molecule has 6 heteroatoms. The van der Waals surface area contributed by atoms with Crippen LogP contribution in [0.5, 0.6) is 5.75 Å². The zero-order valence-electron chi connectivity index (χ0n) is 14.7. The van der Waals surface area contributed by atoms with Crippen LogP contribution in [0.2, 0.25) is 0 Å². The van der Waals surface area contributed by atoms with Gasteiger partial charge in [0, 0.05) is 5.39 Å². The average Bonchev–Trinajstić information content (AvgIpc) is 2.99. The van der Waals surface area contributed by atoms with E-state index < -0.39 is 5.97 Å². The Bertz CT molecular complexity index is 942. The van der Waals surface area contributed by atoms with E-state index in [-0.39, 0.29) is 5.56 Å². The first-order valence-corrected chi connectivity index (χ1v) is 8.28. The molecule has 2 aromatic carbocycles. The Kier molecular flexibility index (Phi) is 5.22. The Balaban J connectivity index is 2.09. The predicted octanol–water partition coefficient (Wildman–Crippen LogP) is 3.80. The van der Waals surface area contributed by atoms with E-state index in [1.165, 1.54) is 0 Å². The van der Waals surface area contributed by atoms with E-state index >= 15 is 0 Å². The molecule has 3 rings (SSSR count). The van der Waals surface area contributed by atoms with Gasteiger partial charge in [-0.2, -0.15) is 5.10 Å². The molecule has 0 unspecified atom stereocenters. The predicted molar refractivity (Wildman–Crippen MR) is 99.4 cm³/mol. The lowest BCUT2D eigenvalue weighted by molar-refractivity contribution is 0.0699. The number of nitrogens with zero attached hydrogens (tertiary/aromatic N) is 2. The zero-order chi connectivity index (χ0) is 18.5. The highest BCUT2D eigenvalue weighted by Crippen LogP contribution is 2.25. The van der Waals surface area contributed by atoms with Crippen LogP contribution in [0.3, 0.4) is 0 Å². The van der Waals surface area contributed by atoms with Crippen LogP contribution in [-0.4, -0.2) is 34.6 Å². The van der Waals surface area contributed by atoms with Gasteiger partial charge in [-0.15, -0.1) is 0 Å². The Hall–Kier alpha value is -3.28. The van der Waals surface area contributed by atoms with E-state index in [0.29, 0.717) is 29.7 Å². The number of fused-ring (bicyclic) bond motifs is 1. The second kappa shape index (κ2) is 7.74. The Morgan fingerprint density at radius 3 is 2.65 bits per heavy atom. The second-order valence-corrected chi connectivity index (χ2v) is 5.65. The van der Waals surface area contributed by atoms with Crippen LogP contribution in [0, 0.1) is 0 Å². The summed E-state index contributed by atoms with van der Waals surface area (Å²) in [5.74, 6) is -0.199. The SMILES string of the molecule is CCOC=Cc1c2c(C(=O)O)cccc2nn1Cc1ccc(OC)cc1. The van der Waals surface area contributed by atoms with Crippen molar-refractivity contribution in [2.24, 2.45) is 0 Å². The number of hydrogen-bond donors (Lipinski definition) is 1. The fourth-order valence-corrected chi connectivity index (χ4v) is 2.79. The van der Waals surface area contributed by atoms with Crippen LogP contribution in [0.25, 0.3) is 17.0 Å². The van der Waals surface area contributed by atoms with E-state index in [2.05, 4.69) is 5.10 Å². The molecule has 134 valence electrons. The smallest absolute Gasteiger partial charge is 0.336 e. The van der Waals surface area contributed by atoms with Crippen LogP contribution in [0.4, 0.5) is 0 Å². The highest BCUT2D eigenvalue weighted by atomic mass is 16.5. The largest absolute Gasteiger partial charge is 0.501 e. The van der Waals surface area contributed by atoms with Gasteiger partial charge < -0.3 is 14.6 Å². The highest BCUT2D eigenvalue weighted by Gasteiger charge is 2.17. The molecule has 0 saturated carbocycles. The summed E-state index contributed by atoms with van der Waals surface area (Å²) in [6, 6.07) is 12.8. The van der Waals surface area contributed by atoms with Gasteiger partial charge in [-0.3, -0.25) is 4.68 Å². The lowest BCUT2D eigenvalue weighted by Gasteiger charge is -2.07. The normalized spacial score (nSPS) is 11.2. The number of ether oxygens (including phenoxy) is 2. The third kappa shape index (κ3) is 3.54. The van der Waals surface area contributed by atoms with Crippen LogP contribution in [-0.2, 0) is 11.3 Å². The number of aromatic carboxylic acids is 1. The van der Waals surface area contributed by atoms with E-state index in [4.69, 9.17) is 9.47 Å². The summed E-state index contributed by atoms with van der Waals surface area (Å²) in [4.78, 5) is 11.6. The number of methoxy groups -OCH3 is 1. The molecule has 1 heterocycles. The number of carboxylic acid groups (broad SMARTS) is 1. The molecule has 1 N–H and O–H groups in total. The maximum atomic E-state index is 11.6. The quantitative estimate of drug-likeness (QED) is 0.655. The first-order chi connectivity index (χ1) is 12.6. The first kappa shape index (κ1) is 17.5. The summed E-state index contributed by atoms with van der Waals surface area (Å²) < 4.78 is 12.3. The summed E-state index contributed by atoms with van der Waals surface area (Å²) in [6.07, 6.45) is 3.33. The van der Waals surface area contributed by atoms with Crippen molar-refractivity contribution >= 4 is 22.9 Å².